The van der Waals surface area contributed by atoms with E-state index in [9.17, 15) is 0 Å². The molecule has 4 heterocycles. The lowest BCUT2D eigenvalue weighted by Crippen LogP contribution is -2.36. The van der Waals surface area contributed by atoms with Gasteiger partial charge in [-0.15, -0.1) is 0 Å². The molecule has 1 aromatic carbocycles. The maximum atomic E-state index is 6.06. The van der Waals surface area contributed by atoms with Crippen molar-refractivity contribution in [2.24, 2.45) is 0 Å². The molecular weight excluding hydrogens is 376 g/mol. The summed E-state index contributed by atoms with van der Waals surface area (Å²) in [6.07, 6.45) is 4.44. The van der Waals surface area contributed by atoms with Crippen molar-refractivity contribution in [3.8, 4) is 5.75 Å². The van der Waals surface area contributed by atoms with Crippen molar-refractivity contribution in [2.45, 2.75) is 26.4 Å². The average Bonchev–Trinajstić information content (AvgIpc) is 3.33. The highest BCUT2D eigenvalue weighted by molar-refractivity contribution is 5.93. The summed E-state index contributed by atoms with van der Waals surface area (Å²) in [6, 6.07) is 12.6. The van der Waals surface area contributed by atoms with Gasteiger partial charge in [-0.3, -0.25) is 4.98 Å². The van der Waals surface area contributed by atoms with Crippen LogP contribution in [0.15, 0.2) is 42.6 Å². The maximum absolute atomic E-state index is 6.06. The number of hydrogen-bond acceptors (Lipinski definition) is 6. The van der Waals surface area contributed by atoms with Crippen molar-refractivity contribution in [1.29, 1.82) is 0 Å². The fraction of sp³-hybridized carbons (Fsp3) is 0.417. The molecule has 0 N–H and O–H groups in total. The fourth-order valence-corrected chi connectivity index (χ4v) is 4.28. The highest BCUT2D eigenvalue weighted by atomic mass is 16.5. The first-order chi connectivity index (χ1) is 14.8. The number of anilines is 2. The number of aryl methyl sites for hydroxylation is 1. The number of ether oxygens (including phenoxy) is 2. The number of nitrogens with zero attached hydrogens (tertiary/aromatic N) is 4. The van der Waals surface area contributed by atoms with Gasteiger partial charge in [0.1, 0.15) is 18.2 Å². The van der Waals surface area contributed by atoms with Gasteiger partial charge in [-0.05, 0) is 44.0 Å². The summed E-state index contributed by atoms with van der Waals surface area (Å²) in [4.78, 5) is 14.1. The predicted molar refractivity (Wildman–Crippen MR) is 120 cm³/mol. The Morgan fingerprint density at radius 2 is 1.80 bits per heavy atom. The lowest BCUT2D eigenvalue weighted by atomic mass is 10.1. The normalized spacial score (nSPS) is 17.0. The van der Waals surface area contributed by atoms with Gasteiger partial charge in [0.15, 0.2) is 0 Å². The Morgan fingerprint density at radius 1 is 0.967 bits per heavy atom. The average molecular weight is 405 g/mol. The second-order valence-electron chi connectivity index (χ2n) is 8.07. The summed E-state index contributed by atoms with van der Waals surface area (Å²) in [6.45, 7) is 8.13. The molecule has 6 heteroatoms. The van der Waals surface area contributed by atoms with E-state index < -0.39 is 0 Å². The summed E-state index contributed by atoms with van der Waals surface area (Å²) >= 11 is 0. The van der Waals surface area contributed by atoms with E-state index in [1.165, 1.54) is 23.9 Å². The first kappa shape index (κ1) is 19.1. The van der Waals surface area contributed by atoms with Crippen molar-refractivity contribution in [2.75, 3.05) is 49.2 Å². The number of rotatable bonds is 5. The standard InChI is InChI=1S/C24H28N4O2/c1-18-14-23(27-8-2-3-9-27)21-6-5-20(15-22(21)26-18)30-17-19-4-7-24(25-16-19)28-10-12-29-13-11-28/h4-7,14-16H,2-3,8-13,17H2,1H3. The second kappa shape index (κ2) is 8.48. The number of benzene rings is 1. The SMILES string of the molecule is Cc1cc(N2CCCC2)c2ccc(OCc3ccc(N4CCOCC4)nc3)cc2n1. The zero-order valence-corrected chi connectivity index (χ0v) is 17.5. The van der Waals surface area contributed by atoms with Crippen LogP contribution in [0.4, 0.5) is 11.5 Å². The molecular formula is C24H28N4O2. The van der Waals surface area contributed by atoms with Crippen molar-refractivity contribution >= 4 is 22.4 Å². The van der Waals surface area contributed by atoms with Gasteiger partial charge >= 0.3 is 0 Å². The molecule has 2 fully saturated rings. The van der Waals surface area contributed by atoms with Crippen molar-refractivity contribution in [3.05, 3.63) is 53.9 Å². The molecule has 0 amide bonds. The van der Waals surface area contributed by atoms with Crippen LogP contribution in [-0.2, 0) is 11.3 Å². The van der Waals surface area contributed by atoms with E-state index in [-0.39, 0.29) is 0 Å². The minimum Gasteiger partial charge on any atom is -0.489 e. The highest BCUT2D eigenvalue weighted by Gasteiger charge is 2.16. The van der Waals surface area contributed by atoms with E-state index >= 15 is 0 Å². The van der Waals surface area contributed by atoms with Crippen LogP contribution in [-0.4, -0.2) is 49.4 Å². The molecule has 0 unspecified atom stereocenters. The van der Waals surface area contributed by atoms with Crippen LogP contribution < -0.4 is 14.5 Å². The number of pyridine rings is 2. The maximum Gasteiger partial charge on any atom is 0.128 e. The molecule has 0 aliphatic carbocycles. The molecule has 2 aliphatic rings. The zero-order chi connectivity index (χ0) is 20.3. The van der Waals surface area contributed by atoms with Crippen molar-refractivity contribution < 1.29 is 9.47 Å². The Labute approximate surface area is 177 Å². The van der Waals surface area contributed by atoms with E-state index in [2.05, 4.69) is 58.1 Å². The van der Waals surface area contributed by atoms with Crippen LogP contribution in [0.3, 0.4) is 0 Å². The van der Waals surface area contributed by atoms with Crippen LogP contribution in [0.25, 0.3) is 10.9 Å². The van der Waals surface area contributed by atoms with Crippen LogP contribution in [0.2, 0.25) is 0 Å². The van der Waals surface area contributed by atoms with Crippen molar-refractivity contribution in [3.63, 3.8) is 0 Å². The number of morpholine rings is 1. The molecule has 2 aliphatic heterocycles. The molecule has 30 heavy (non-hydrogen) atoms. The molecule has 6 nitrogen and oxygen atoms in total. The lowest BCUT2D eigenvalue weighted by Gasteiger charge is -2.27. The van der Waals surface area contributed by atoms with E-state index in [1.807, 2.05) is 6.20 Å². The van der Waals surface area contributed by atoms with Gasteiger partial charge in [0.25, 0.3) is 0 Å². The third-order valence-corrected chi connectivity index (χ3v) is 5.88. The van der Waals surface area contributed by atoms with E-state index in [0.29, 0.717) is 6.61 Å². The van der Waals surface area contributed by atoms with E-state index in [0.717, 1.165) is 67.7 Å². The van der Waals surface area contributed by atoms with Gasteiger partial charge in [-0.2, -0.15) is 0 Å². The van der Waals surface area contributed by atoms with Gasteiger partial charge in [0.2, 0.25) is 0 Å². The minimum atomic E-state index is 0.493. The smallest absolute Gasteiger partial charge is 0.128 e. The Kier molecular flexibility index (Phi) is 5.41. The first-order valence-corrected chi connectivity index (χ1v) is 10.8. The fourth-order valence-electron chi connectivity index (χ4n) is 4.28. The molecule has 2 saturated heterocycles. The Hall–Kier alpha value is -2.86. The molecule has 0 atom stereocenters. The van der Waals surface area contributed by atoms with Crippen LogP contribution in [0.1, 0.15) is 24.1 Å². The van der Waals surface area contributed by atoms with Gasteiger partial charge in [-0.25, -0.2) is 4.98 Å². The summed E-state index contributed by atoms with van der Waals surface area (Å²) in [5, 5.41) is 1.20. The zero-order valence-electron chi connectivity index (χ0n) is 17.5. The molecule has 0 bridgehead atoms. The summed E-state index contributed by atoms with van der Waals surface area (Å²) in [5.74, 6) is 1.84. The van der Waals surface area contributed by atoms with Crippen LogP contribution in [0.5, 0.6) is 5.75 Å². The van der Waals surface area contributed by atoms with Gasteiger partial charge in [-0.1, -0.05) is 6.07 Å². The van der Waals surface area contributed by atoms with Gasteiger partial charge in [0, 0.05) is 60.8 Å². The largest absolute Gasteiger partial charge is 0.489 e. The van der Waals surface area contributed by atoms with E-state index in [1.54, 1.807) is 0 Å². The predicted octanol–water partition coefficient (Wildman–Crippen LogP) is 3.95. The van der Waals surface area contributed by atoms with Gasteiger partial charge < -0.3 is 19.3 Å². The molecule has 0 saturated carbocycles. The van der Waals surface area contributed by atoms with E-state index in [4.69, 9.17) is 14.5 Å². The van der Waals surface area contributed by atoms with Gasteiger partial charge in [0.05, 0.1) is 18.7 Å². The Morgan fingerprint density at radius 3 is 2.57 bits per heavy atom. The molecule has 5 rings (SSSR count). The summed E-state index contributed by atoms with van der Waals surface area (Å²) < 4.78 is 11.5. The monoisotopic (exact) mass is 404 g/mol. The highest BCUT2D eigenvalue weighted by Crippen LogP contribution is 2.31. The van der Waals surface area contributed by atoms with Crippen LogP contribution in [0, 0.1) is 6.92 Å². The minimum absolute atomic E-state index is 0.493. The number of aromatic nitrogens is 2. The number of hydrogen-bond donors (Lipinski definition) is 0. The second-order valence-corrected chi connectivity index (χ2v) is 8.07. The first-order valence-electron chi connectivity index (χ1n) is 10.8. The molecule has 156 valence electrons. The topological polar surface area (TPSA) is 50.7 Å². The Balaban J connectivity index is 1.29. The summed E-state index contributed by atoms with van der Waals surface area (Å²) in [7, 11) is 0. The lowest BCUT2D eigenvalue weighted by molar-refractivity contribution is 0.122. The molecule has 0 radical (unpaired) electrons. The molecule has 2 aromatic heterocycles. The molecule has 3 aromatic rings. The third kappa shape index (κ3) is 4.05. The Bertz CT molecular complexity index is 1010. The quantitative estimate of drug-likeness (QED) is 0.642. The number of fused-ring (bicyclic) bond motifs is 1. The van der Waals surface area contributed by atoms with Crippen LogP contribution >= 0.6 is 0 Å². The summed E-state index contributed by atoms with van der Waals surface area (Å²) in [5.41, 5.74) is 4.39. The third-order valence-electron chi connectivity index (χ3n) is 5.88. The molecule has 0 spiro atoms. The van der Waals surface area contributed by atoms with Crippen molar-refractivity contribution in [1.82, 2.24) is 9.97 Å².